The minimum Gasteiger partial charge on any atom is -0.390 e. The summed E-state index contributed by atoms with van der Waals surface area (Å²) in [7, 11) is -16.4. The molecule has 0 bridgehead atoms. The zero-order valence-electron chi connectivity index (χ0n) is 14.2. The van der Waals surface area contributed by atoms with E-state index in [0.717, 1.165) is 0 Å². The summed E-state index contributed by atoms with van der Waals surface area (Å²) in [5.41, 5.74) is 5.63. The highest BCUT2D eigenvalue weighted by molar-refractivity contribution is 9.12. The molecule has 7 N–H and O–H groups in total. The van der Waals surface area contributed by atoms with Crippen molar-refractivity contribution in [3.63, 3.8) is 0 Å². The summed E-state index contributed by atoms with van der Waals surface area (Å²) in [6.07, 6.45) is -1.64. The van der Waals surface area contributed by atoms with Gasteiger partial charge in [0.05, 0.1) is 17.2 Å². The van der Waals surface area contributed by atoms with E-state index >= 15 is 0 Å². The van der Waals surface area contributed by atoms with E-state index in [-0.39, 0.29) is 18.1 Å². The van der Waals surface area contributed by atoms with Crippen molar-refractivity contribution in [1.29, 1.82) is 0 Å². The fraction of sp³-hybridized carbons (Fsp3) is 0.500. The van der Waals surface area contributed by atoms with Gasteiger partial charge in [-0.1, -0.05) is 6.58 Å². The van der Waals surface area contributed by atoms with Gasteiger partial charge >= 0.3 is 23.5 Å². The minimum atomic E-state index is -5.63. The lowest BCUT2D eigenvalue weighted by Crippen LogP contribution is -2.34. The fourth-order valence-electron chi connectivity index (χ4n) is 2.27. The SMILES string of the molecule is C=C1N=C(N)C(Br)=CN1C1CC(O)C(COP(=O)(O)OP(=O)(O)OP(=O)(O)O)O1. The molecule has 0 aromatic carbocycles. The van der Waals surface area contributed by atoms with E-state index in [2.05, 4.69) is 40.6 Å². The van der Waals surface area contributed by atoms with Crippen molar-refractivity contribution >= 4 is 45.2 Å². The van der Waals surface area contributed by atoms with Gasteiger partial charge in [0.2, 0.25) is 0 Å². The Bertz CT molecular complexity index is 873. The Morgan fingerprint density at radius 2 is 1.90 bits per heavy atom. The Labute approximate surface area is 172 Å². The van der Waals surface area contributed by atoms with Crippen molar-refractivity contribution in [2.24, 2.45) is 10.7 Å². The first-order valence-corrected chi connectivity index (χ1v) is 12.7. The first-order chi connectivity index (χ1) is 13.1. The second-order valence-electron chi connectivity index (χ2n) is 5.62. The van der Waals surface area contributed by atoms with Crippen LogP contribution in [0.5, 0.6) is 0 Å². The number of rotatable bonds is 8. The topological polar surface area (TPSA) is 231 Å². The molecule has 0 aromatic rings. The number of hydrogen-bond acceptors (Lipinski definition) is 11. The van der Waals surface area contributed by atoms with E-state index in [4.69, 9.17) is 25.2 Å². The number of aliphatic hydroxyl groups is 1. The Balaban J connectivity index is 1.96. The van der Waals surface area contributed by atoms with Crippen LogP contribution >= 0.6 is 39.4 Å². The maximum atomic E-state index is 11.7. The van der Waals surface area contributed by atoms with Crippen LogP contribution in [-0.4, -0.2) is 60.5 Å². The van der Waals surface area contributed by atoms with Crippen LogP contribution in [0.1, 0.15) is 6.42 Å². The van der Waals surface area contributed by atoms with E-state index < -0.39 is 48.5 Å². The van der Waals surface area contributed by atoms with E-state index in [1.54, 1.807) is 0 Å². The number of nitrogens with zero attached hydrogens (tertiary/aromatic N) is 2. The maximum absolute atomic E-state index is 11.7. The number of nitrogens with two attached hydrogens (primary N) is 1. The van der Waals surface area contributed by atoms with Gasteiger partial charge in [-0.25, -0.2) is 18.7 Å². The Hall–Kier alpha value is -0.440. The van der Waals surface area contributed by atoms with Crippen LogP contribution in [0.25, 0.3) is 0 Å². The second kappa shape index (κ2) is 8.97. The van der Waals surface area contributed by atoms with Crippen molar-refractivity contribution in [3.05, 3.63) is 23.1 Å². The molecule has 2 rings (SSSR count). The number of phosphoric ester groups is 1. The van der Waals surface area contributed by atoms with Crippen molar-refractivity contribution in [2.75, 3.05) is 6.61 Å². The lowest BCUT2D eigenvalue weighted by molar-refractivity contribution is -0.0553. The summed E-state index contributed by atoms with van der Waals surface area (Å²) < 4.78 is 51.2. The molecule has 1 saturated heterocycles. The first kappa shape index (κ1) is 24.8. The Morgan fingerprint density at radius 1 is 1.28 bits per heavy atom. The predicted molar refractivity (Wildman–Crippen MR) is 98.7 cm³/mol. The van der Waals surface area contributed by atoms with Crippen LogP contribution in [0, 0.1) is 0 Å². The summed E-state index contributed by atoms with van der Waals surface area (Å²) in [6, 6.07) is 0. The average Bonchev–Trinajstić information content (AvgIpc) is 2.86. The van der Waals surface area contributed by atoms with Gasteiger partial charge in [0.15, 0.2) is 0 Å². The smallest absolute Gasteiger partial charge is 0.390 e. The molecule has 0 aliphatic carbocycles. The summed E-state index contributed by atoms with van der Waals surface area (Å²) in [6.45, 7) is 2.91. The molecule has 0 spiro atoms. The van der Waals surface area contributed by atoms with Gasteiger partial charge in [0.1, 0.15) is 24.0 Å². The van der Waals surface area contributed by atoms with E-state index in [9.17, 15) is 23.7 Å². The lowest BCUT2D eigenvalue weighted by atomic mass is 10.2. The number of amidine groups is 1. The molecule has 0 radical (unpaired) electrons. The molecule has 0 aromatic heterocycles. The van der Waals surface area contributed by atoms with Crippen LogP contribution in [0.2, 0.25) is 0 Å². The molecule has 0 amide bonds. The van der Waals surface area contributed by atoms with Gasteiger partial charge in [-0.05, 0) is 15.9 Å². The molecule has 5 atom stereocenters. The van der Waals surface area contributed by atoms with Gasteiger partial charge in [-0.3, -0.25) is 4.52 Å². The molecule has 2 aliphatic heterocycles. The highest BCUT2D eigenvalue weighted by Crippen LogP contribution is 2.66. The predicted octanol–water partition coefficient (Wildman–Crippen LogP) is 0.186. The standard InChI is InChI=1S/C10H17BrN3O12P3/c1-5-13-10(12)6(11)3-14(5)9-2-7(15)8(24-9)4-23-28(19,20)26-29(21,22)25-27(16,17)18/h3,7-9,15H,1-2,4H2,(H2,12,13)(H,19,20)(H,21,22)(H2,16,17,18). The Morgan fingerprint density at radius 3 is 2.48 bits per heavy atom. The molecular formula is C10H17BrN3O12P3. The lowest BCUT2D eigenvalue weighted by Gasteiger charge is -2.29. The average molecular weight is 544 g/mol. The number of hydrogen-bond donors (Lipinski definition) is 6. The molecule has 5 unspecified atom stereocenters. The molecule has 0 saturated carbocycles. The van der Waals surface area contributed by atoms with Crippen molar-refractivity contribution in [2.45, 2.75) is 24.9 Å². The van der Waals surface area contributed by atoms with Crippen molar-refractivity contribution in [1.82, 2.24) is 4.90 Å². The normalized spacial score (nSPS) is 29.8. The minimum absolute atomic E-state index is 0.00957. The zero-order valence-corrected chi connectivity index (χ0v) is 18.5. The van der Waals surface area contributed by atoms with Crippen LogP contribution in [0.4, 0.5) is 0 Å². The summed E-state index contributed by atoms with van der Waals surface area (Å²) in [4.78, 5) is 40.9. The van der Waals surface area contributed by atoms with Crippen molar-refractivity contribution in [3.8, 4) is 0 Å². The van der Waals surface area contributed by atoms with Crippen LogP contribution in [0.3, 0.4) is 0 Å². The number of aliphatic hydroxyl groups excluding tert-OH is 1. The third kappa shape index (κ3) is 7.33. The van der Waals surface area contributed by atoms with Gasteiger partial charge < -0.3 is 40.1 Å². The van der Waals surface area contributed by atoms with Gasteiger partial charge in [0.25, 0.3) is 0 Å². The van der Waals surface area contributed by atoms with E-state index in [1.165, 1.54) is 11.1 Å². The zero-order chi connectivity index (χ0) is 22.2. The maximum Gasteiger partial charge on any atom is 0.490 e. The van der Waals surface area contributed by atoms with E-state index in [0.29, 0.717) is 4.48 Å². The molecule has 2 aliphatic rings. The van der Waals surface area contributed by atoms with Crippen LogP contribution in [0.15, 0.2) is 28.1 Å². The van der Waals surface area contributed by atoms with Gasteiger partial charge in [-0.2, -0.15) is 8.62 Å². The fourth-order valence-corrected chi connectivity index (χ4v) is 5.61. The largest absolute Gasteiger partial charge is 0.490 e. The van der Waals surface area contributed by atoms with Gasteiger partial charge in [-0.15, -0.1) is 0 Å². The first-order valence-electron chi connectivity index (χ1n) is 7.39. The number of ether oxygens (including phenoxy) is 1. The highest BCUT2D eigenvalue weighted by Gasteiger charge is 2.43. The molecule has 166 valence electrons. The number of aliphatic imine (C=N–C) groups is 1. The molecule has 19 heteroatoms. The third-order valence-electron chi connectivity index (χ3n) is 3.38. The molecule has 15 nitrogen and oxygen atoms in total. The summed E-state index contributed by atoms with van der Waals surface area (Å²) in [5.74, 6) is 0.380. The van der Waals surface area contributed by atoms with Gasteiger partial charge in [0, 0.05) is 12.6 Å². The molecule has 1 fully saturated rings. The number of phosphoric acid groups is 3. The Kier molecular flexibility index (Phi) is 7.68. The van der Waals surface area contributed by atoms with Crippen molar-refractivity contribution < 1.29 is 56.3 Å². The molecular weight excluding hydrogens is 527 g/mol. The monoisotopic (exact) mass is 543 g/mol. The quantitative estimate of drug-likeness (QED) is 0.224. The highest BCUT2D eigenvalue weighted by atomic mass is 79.9. The summed E-state index contributed by atoms with van der Waals surface area (Å²) in [5, 5.41) is 10.1. The molecule has 2 heterocycles. The van der Waals surface area contributed by atoms with Crippen LogP contribution in [-0.2, 0) is 31.6 Å². The third-order valence-corrected chi connectivity index (χ3v) is 7.79. The van der Waals surface area contributed by atoms with E-state index in [1.807, 2.05) is 0 Å². The van der Waals surface area contributed by atoms with Crippen LogP contribution < -0.4 is 5.73 Å². The second-order valence-corrected chi connectivity index (χ2v) is 10.9. The number of halogens is 1. The molecule has 29 heavy (non-hydrogen) atoms. The summed E-state index contributed by atoms with van der Waals surface area (Å²) >= 11 is 3.18.